The van der Waals surface area contributed by atoms with Crippen molar-refractivity contribution in [1.82, 2.24) is 0 Å². The second-order valence-corrected chi connectivity index (χ2v) is 5.39. The minimum Gasteiger partial charge on any atom is -0.481 e. The number of hydrogen-bond donors (Lipinski definition) is 1. The Labute approximate surface area is 117 Å². The van der Waals surface area contributed by atoms with Crippen LogP contribution in [0.4, 0.5) is 0 Å². The van der Waals surface area contributed by atoms with Gasteiger partial charge in [-0.25, -0.2) is 0 Å². The predicted octanol–water partition coefficient (Wildman–Crippen LogP) is 3.82. The highest BCUT2D eigenvalue weighted by Crippen LogP contribution is 2.30. The van der Waals surface area contributed by atoms with Gasteiger partial charge in [0.1, 0.15) is 11.2 Å². The molecule has 3 aromatic rings. The summed E-state index contributed by atoms with van der Waals surface area (Å²) >= 11 is 2.26. The molecule has 0 aliphatic heterocycles. The lowest BCUT2D eigenvalue weighted by molar-refractivity contribution is -0.136. The van der Waals surface area contributed by atoms with E-state index in [2.05, 4.69) is 28.7 Å². The van der Waals surface area contributed by atoms with Crippen molar-refractivity contribution < 1.29 is 14.3 Å². The first-order chi connectivity index (χ1) is 8.63. The molecule has 1 N–H and O–H groups in total. The Hall–Kier alpha value is -1.56. The molecule has 0 fully saturated rings. The van der Waals surface area contributed by atoms with E-state index in [1.54, 1.807) is 6.07 Å². The van der Waals surface area contributed by atoms with E-state index in [1.165, 1.54) is 0 Å². The summed E-state index contributed by atoms with van der Waals surface area (Å²) in [4.78, 5) is 10.7. The lowest BCUT2D eigenvalue weighted by Crippen LogP contribution is -1.99. The first-order valence-corrected chi connectivity index (χ1v) is 6.54. The third kappa shape index (κ3) is 1.96. The molecule has 1 aromatic heterocycles. The second kappa shape index (κ2) is 4.28. The molecule has 2 aromatic carbocycles. The van der Waals surface area contributed by atoms with Crippen molar-refractivity contribution in [1.29, 1.82) is 0 Å². The number of carboxylic acid groups (broad SMARTS) is 1. The van der Waals surface area contributed by atoms with E-state index in [0.717, 1.165) is 31.1 Å². The second-order valence-electron chi connectivity index (χ2n) is 4.14. The molecule has 0 atom stereocenters. The normalized spacial score (nSPS) is 11.2. The molecule has 0 spiro atoms. The molecule has 0 saturated carbocycles. The minimum absolute atomic E-state index is 0.0184. The summed E-state index contributed by atoms with van der Waals surface area (Å²) in [6.45, 7) is 0. The standard InChI is InChI=1S/C14H9IO3/c15-9-2-4-12-11(7-9)10-3-1-8(6-14(16)17)5-13(10)18-12/h1-5,7H,6H2,(H,16,17). The molecule has 0 saturated heterocycles. The zero-order chi connectivity index (χ0) is 12.7. The number of fused-ring (bicyclic) bond motifs is 3. The topological polar surface area (TPSA) is 50.4 Å². The van der Waals surface area contributed by atoms with Gasteiger partial charge in [0, 0.05) is 14.3 Å². The molecule has 0 unspecified atom stereocenters. The maximum absolute atomic E-state index is 10.7. The summed E-state index contributed by atoms with van der Waals surface area (Å²) in [6, 6.07) is 11.6. The number of carboxylic acids is 1. The van der Waals surface area contributed by atoms with Crippen molar-refractivity contribution in [2.75, 3.05) is 0 Å². The van der Waals surface area contributed by atoms with Crippen LogP contribution in [0.3, 0.4) is 0 Å². The molecule has 3 rings (SSSR count). The molecule has 4 heteroatoms. The van der Waals surface area contributed by atoms with Gasteiger partial charge in [0.15, 0.2) is 0 Å². The first-order valence-electron chi connectivity index (χ1n) is 5.46. The van der Waals surface area contributed by atoms with E-state index < -0.39 is 5.97 Å². The molecular weight excluding hydrogens is 343 g/mol. The maximum atomic E-state index is 10.7. The maximum Gasteiger partial charge on any atom is 0.307 e. The number of aliphatic carboxylic acids is 1. The van der Waals surface area contributed by atoms with Crippen LogP contribution in [0, 0.1) is 3.57 Å². The zero-order valence-corrected chi connectivity index (χ0v) is 11.5. The van der Waals surface area contributed by atoms with Gasteiger partial charge < -0.3 is 9.52 Å². The molecule has 90 valence electrons. The number of carbonyl (C=O) groups is 1. The van der Waals surface area contributed by atoms with Crippen LogP contribution in [0.15, 0.2) is 40.8 Å². The van der Waals surface area contributed by atoms with E-state index >= 15 is 0 Å². The number of benzene rings is 2. The molecule has 0 aliphatic carbocycles. The highest BCUT2D eigenvalue weighted by atomic mass is 127. The van der Waals surface area contributed by atoms with Crippen LogP contribution < -0.4 is 0 Å². The Morgan fingerprint density at radius 1 is 1.11 bits per heavy atom. The number of rotatable bonds is 2. The van der Waals surface area contributed by atoms with Crippen LogP contribution >= 0.6 is 22.6 Å². The fourth-order valence-electron chi connectivity index (χ4n) is 2.08. The summed E-state index contributed by atoms with van der Waals surface area (Å²) in [7, 11) is 0. The van der Waals surface area contributed by atoms with Crippen LogP contribution in [-0.4, -0.2) is 11.1 Å². The van der Waals surface area contributed by atoms with Gasteiger partial charge in [-0.3, -0.25) is 4.79 Å². The quantitative estimate of drug-likeness (QED) is 0.714. The smallest absolute Gasteiger partial charge is 0.307 e. The van der Waals surface area contributed by atoms with Crippen molar-refractivity contribution in [3.8, 4) is 0 Å². The monoisotopic (exact) mass is 352 g/mol. The van der Waals surface area contributed by atoms with Crippen LogP contribution in [0.5, 0.6) is 0 Å². The van der Waals surface area contributed by atoms with E-state index in [1.807, 2.05) is 24.3 Å². The number of furan rings is 1. The molecule has 0 bridgehead atoms. The number of hydrogen-bond acceptors (Lipinski definition) is 2. The van der Waals surface area contributed by atoms with Crippen molar-refractivity contribution >= 4 is 50.5 Å². The Balaban J connectivity index is 2.23. The van der Waals surface area contributed by atoms with Gasteiger partial charge in [-0.15, -0.1) is 0 Å². The van der Waals surface area contributed by atoms with Crippen LogP contribution in [0.1, 0.15) is 5.56 Å². The van der Waals surface area contributed by atoms with E-state index in [4.69, 9.17) is 9.52 Å². The van der Waals surface area contributed by atoms with E-state index in [-0.39, 0.29) is 6.42 Å². The van der Waals surface area contributed by atoms with E-state index in [9.17, 15) is 4.79 Å². The Morgan fingerprint density at radius 3 is 2.72 bits per heavy atom. The summed E-state index contributed by atoms with van der Waals surface area (Å²) in [5.41, 5.74) is 2.33. The summed E-state index contributed by atoms with van der Waals surface area (Å²) in [6.07, 6.45) is 0.0184. The fourth-order valence-corrected chi connectivity index (χ4v) is 2.57. The highest BCUT2D eigenvalue weighted by molar-refractivity contribution is 14.1. The average Bonchev–Trinajstić information content (AvgIpc) is 2.65. The lowest BCUT2D eigenvalue weighted by atomic mass is 10.1. The largest absolute Gasteiger partial charge is 0.481 e. The predicted molar refractivity (Wildman–Crippen MR) is 77.8 cm³/mol. The van der Waals surface area contributed by atoms with Gasteiger partial charge in [0.2, 0.25) is 0 Å². The fraction of sp³-hybridized carbons (Fsp3) is 0.0714. The van der Waals surface area contributed by atoms with Crippen LogP contribution in [-0.2, 0) is 11.2 Å². The van der Waals surface area contributed by atoms with Gasteiger partial charge >= 0.3 is 5.97 Å². The van der Waals surface area contributed by atoms with Crippen molar-refractivity contribution in [2.45, 2.75) is 6.42 Å². The molecule has 1 heterocycles. The van der Waals surface area contributed by atoms with Gasteiger partial charge in [-0.1, -0.05) is 12.1 Å². The Morgan fingerprint density at radius 2 is 1.94 bits per heavy atom. The highest BCUT2D eigenvalue weighted by Gasteiger charge is 2.09. The van der Waals surface area contributed by atoms with Crippen LogP contribution in [0.25, 0.3) is 21.9 Å². The summed E-state index contributed by atoms with van der Waals surface area (Å²) in [5, 5.41) is 10.9. The van der Waals surface area contributed by atoms with Crippen molar-refractivity contribution in [2.24, 2.45) is 0 Å². The summed E-state index contributed by atoms with van der Waals surface area (Å²) in [5.74, 6) is -0.833. The van der Waals surface area contributed by atoms with E-state index in [0.29, 0.717) is 0 Å². The van der Waals surface area contributed by atoms with Gasteiger partial charge in [0.05, 0.1) is 6.42 Å². The Kier molecular flexibility index (Phi) is 2.74. The third-order valence-electron chi connectivity index (χ3n) is 2.85. The lowest BCUT2D eigenvalue weighted by Gasteiger charge is -1.96. The minimum atomic E-state index is -0.833. The van der Waals surface area contributed by atoms with Crippen molar-refractivity contribution in [3.05, 3.63) is 45.5 Å². The van der Waals surface area contributed by atoms with Gasteiger partial charge in [-0.05, 0) is 52.4 Å². The first kappa shape index (κ1) is 11.5. The van der Waals surface area contributed by atoms with Crippen LogP contribution in [0.2, 0.25) is 0 Å². The zero-order valence-electron chi connectivity index (χ0n) is 9.31. The average molecular weight is 352 g/mol. The molecule has 18 heavy (non-hydrogen) atoms. The molecule has 0 radical (unpaired) electrons. The Bertz CT molecular complexity index is 758. The van der Waals surface area contributed by atoms with Gasteiger partial charge in [0.25, 0.3) is 0 Å². The molecule has 0 aliphatic rings. The number of halogens is 1. The summed E-state index contributed by atoms with van der Waals surface area (Å²) < 4.78 is 6.88. The van der Waals surface area contributed by atoms with Crippen molar-refractivity contribution in [3.63, 3.8) is 0 Å². The molecular formula is C14H9IO3. The molecule has 0 amide bonds. The SMILES string of the molecule is O=C(O)Cc1ccc2c(c1)oc1ccc(I)cc12. The van der Waals surface area contributed by atoms with Gasteiger partial charge in [-0.2, -0.15) is 0 Å². The third-order valence-corrected chi connectivity index (χ3v) is 3.52. The molecule has 3 nitrogen and oxygen atoms in total.